The summed E-state index contributed by atoms with van der Waals surface area (Å²) in [5.74, 6) is -0.354. The Morgan fingerprint density at radius 2 is 1.93 bits per heavy atom. The van der Waals surface area contributed by atoms with Crippen LogP contribution in [0.3, 0.4) is 0 Å². The first-order valence-corrected chi connectivity index (χ1v) is 9.54. The number of carbonyl (C=O) groups excluding carboxylic acids is 1. The van der Waals surface area contributed by atoms with Crippen molar-refractivity contribution in [1.82, 2.24) is 14.4 Å². The first kappa shape index (κ1) is 19.2. The van der Waals surface area contributed by atoms with Crippen molar-refractivity contribution < 1.29 is 9.90 Å². The fraction of sp³-hybridized carbons (Fsp3) is 0.0952. The topological polar surface area (TPSA) is 79.5 Å². The summed E-state index contributed by atoms with van der Waals surface area (Å²) >= 11 is 12.4. The third-order valence-electron chi connectivity index (χ3n) is 4.53. The number of fused-ring (bicyclic) bond motifs is 1. The maximum Gasteiger partial charge on any atom is 0.258 e. The summed E-state index contributed by atoms with van der Waals surface area (Å²) in [6.45, 7) is 1.87. The van der Waals surface area contributed by atoms with Crippen LogP contribution in [-0.2, 0) is 6.42 Å². The van der Waals surface area contributed by atoms with Gasteiger partial charge in [-0.25, -0.2) is 4.98 Å². The highest BCUT2D eigenvalue weighted by atomic mass is 35.5. The molecule has 29 heavy (non-hydrogen) atoms. The van der Waals surface area contributed by atoms with Crippen molar-refractivity contribution in [2.45, 2.75) is 13.3 Å². The van der Waals surface area contributed by atoms with E-state index in [1.807, 2.05) is 29.8 Å². The molecule has 0 aliphatic carbocycles. The lowest BCUT2D eigenvalue weighted by Gasteiger charge is -2.14. The number of imidazole rings is 1. The van der Waals surface area contributed by atoms with Crippen molar-refractivity contribution in [1.29, 1.82) is 0 Å². The highest BCUT2D eigenvalue weighted by molar-refractivity contribution is 6.40. The van der Waals surface area contributed by atoms with Gasteiger partial charge in [0.15, 0.2) is 5.65 Å². The quantitative estimate of drug-likeness (QED) is 0.486. The SMILES string of the molecule is Cc1cn2ccc(Cc3ccncc3O)c(NC(=O)c3c(Cl)cccc3Cl)c2n1. The third-order valence-corrected chi connectivity index (χ3v) is 5.16. The Morgan fingerprint density at radius 3 is 2.66 bits per heavy atom. The average molecular weight is 427 g/mol. The molecule has 2 N–H and O–H groups in total. The van der Waals surface area contributed by atoms with E-state index in [2.05, 4.69) is 15.3 Å². The van der Waals surface area contributed by atoms with Gasteiger partial charge in [0, 0.05) is 30.6 Å². The molecule has 3 aromatic heterocycles. The van der Waals surface area contributed by atoms with Crippen LogP contribution in [0.25, 0.3) is 5.65 Å². The Kier molecular flexibility index (Phi) is 5.13. The minimum atomic E-state index is -0.436. The smallest absolute Gasteiger partial charge is 0.258 e. The molecule has 4 rings (SSSR count). The summed E-state index contributed by atoms with van der Waals surface area (Å²) in [7, 11) is 0. The largest absolute Gasteiger partial charge is 0.506 e. The van der Waals surface area contributed by atoms with Gasteiger partial charge in [0.2, 0.25) is 0 Å². The molecule has 8 heteroatoms. The molecule has 0 unspecified atom stereocenters. The van der Waals surface area contributed by atoms with Gasteiger partial charge >= 0.3 is 0 Å². The van der Waals surface area contributed by atoms with E-state index in [4.69, 9.17) is 23.2 Å². The predicted octanol–water partition coefficient (Wildman–Crippen LogP) is 4.89. The summed E-state index contributed by atoms with van der Waals surface area (Å²) in [5, 5.41) is 13.5. The summed E-state index contributed by atoms with van der Waals surface area (Å²) < 4.78 is 1.83. The maximum absolute atomic E-state index is 13.0. The highest BCUT2D eigenvalue weighted by Gasteiger charge is 2.19. The Labute approximate surface area is 176 Å². The zero-order valence-corrected chi connectivity index (χ0v) is 16.9. The number of nitrogens with zero attached hydrogens (tertiary/aromatic N) is 3. The van der Waals surface area contributed by atoms with Gasteiger partial charge < -0.3 is 14.8 Å². The standard InChI is InChI=1S/C21H16Cl2N4O2/c1-12-11-27-8-6-14(9-13-5-7-24-10-17(13)28)19(20(27)25-12)26-21(29)18-15(22)3-2-4-16(18)23/h2-8,10-11,28H,9H2,1H3,(H,26,29). The second kappa shape index (κ2) is 7.73. The number of pyridine rings is 2. The van der Waals surface area contributed by atoms with Gasteiger partial charge in [0.1, 0.15) is 5.75 Å². The first-order chi connectivity index (χ1) is 13.9. The number of hydrogen-bond donors (Lipinski definition) is 2. The molecular formula is C21H16Cl2N4O2. The third kappa shape index (κ3) is 3.77. The van der Waals surface area contributed by atoms with Crippen molar-refractivity contribution >= 4 is 40.4 Å². The molecule has 1 aromatic carbocycles. The molecule has 0 fully saturated rings. The van der Waals surface area contributed by atoms with Crippen molar-refractivity contribution in [2.24, 2.45) is 0 Å². The Hall–Kier alpha value is -3.09. The number of halogens is 2. The molecule has 146 valence electrons. The molecule has 1 amide bonds. The van der Waals surface area contributed by atoms with E-state index in [0.29, 0.717) is 23.3 Å². The number of carbonyl (C=O) groups is 1. The minimum Gasteiger partial charge on any atom is -0.506 e. The van der Waals surface area contributed by atoms with E-state index < -0.39 is 5.91 Å². The number of aromatic nitrogens is 3. The number of aryl methyl sites for hydroxylation is 1. The molecule has 0 bridgehead atoms. The molecule has 3 heterocycles. The summed E-state index contributed by atoms with van der Waals surface area (Å²) in [5.41, 5.74) is 3.57. The number of benzene rings is 1. The first-order valence-electron chi connectivity index (χ1n) is 8.78. The summed E-state index contributed by atoms with van der Waals surface area (Å²) in [4.78, 5) is 21.4. The van der Waals surface area contributed by atoms with Gasteiger partial charge in [-0.15, -0.1) is 0 Å². The molecular weight excluding hydrogens is 411 g/mol. The molecule has 0 saturated heterocycles. The van der Waals surface area contributed by atoms with E-state index in [-0.39, 0.29) is 21.4 Å². The van der Waals surface area contributed by atoms with Crippen LogP contribution in [0.15, 0.2) is 55.1 Å². The van der Waals surface area contributed by atoms with Gasteiger partial charge in [0.25, 0.3) is 5.91 Å². The van der Waals surface area contributed by atoms with Crippen LogP contribution in [0.4, 0.5) is 5.69 Å². The molecule has 0 aliphatic heterocycles. The minimum absolute atomic E-state index is 0.0818. The maximum atomic E-state index is 13.0. The fourth-order valence-electron chi connectivity index (χ4n) is 3.16. The Balaban J connectivity index is 1.81. The number of nitrogens with one attached hydrogen (secondary N) is 1. The summed E-state index contributed by atoms with van der Waals surface area (Å²) in [6, 6.07) is 8.50. The summed E-state index contributed by atoms with van der Waals surface area (Å²) in [6.07, 6.45) is 7.09. The fourth-order valence-corrected chi connectivity index (χ4v) is 3.72. The number of anilines is 1. The molecule has 0 spiro atoms. The predicted molar refractivity (Wildman–Crippen MR) is 113 cm³/mol. The molecule has 0 radical (unpaired) electrons. The number of rotatable bonds is 4. The zero-order valence-electron chi connectivity index (χ0n) is 15.4. The van der Waals surface area contributed by atoms with Gasteiger partial charge in [-0.05, 0) is 36.8 Å². The van der Waals surface area contributed by atoms with E-state index in [1.165, 1.54) is 6.20 Å². The highest BCUT2D eigenvalue weighted by Crippen LogP contribution is 2.30. The van der Waals surface area contributed by atoms with E-state index in [9.17, 15) is 9.90 Å². The van der Waals surface area contributed by atoms with Crippen molar-refractivity contribution in [2.75, 3.05) is 5.32 Å². The van der Waals surface area contributed by atoms with Crippen molar-refractivity contribution in [3.8, 4) is 5.75 Å². The zero-order chi connectivity index (χ0) is 20.5. The van der Waals surface area contributed by atoms with Crippen LogP contribution in [-0.4, -0.2) is 25.4 Å². The van der Waals surface area contributed by atoms with Crippen LogP contribution < -0.4 is 5.32 Å². The van der Waals surface area contributed by atoms with Crippen molar-refractivity contribution in [3.63, 3.8) is 0 Å². The average Bonchev–Trinajstić information content (AvgIpc) is 3.06. The molecule has 0 aliphatic rings. The monoisotopic (exact) mass is 426 g/mol. The molecule has 0 atom stereocenters. The van der Waals surface area contributed by atoms with E-state index in [1.54, 1.807) is 30.5 Å². The Bertz CT molecular complexity index is 1220. The normalized spacial score (nSPS) is 11.0. The van der Waals surface area contributed by atoms with Gasteiger partial charge in [-0.1, -0.05) is 29.3 Å². The van der Waals surface area contributed by atoms with Gasteiger partial charge in [-0.2, -0.15) is 0 Å². The lowest BCUT2D eigenvalue weighted by Crippen LogP contribution is -2.16. The lowest BCUT2D eigenvalue weighted by atomic mass is 10.0. The van der Waals surface area contributed by atoms with Crippen LogP contribution in [0.5, 0.6) is 5.75 Å². The molecule has 0 saturated carbocycles. The molecule has 4 aromatic rings. The van der Waals surface area contributed by atoms with Crippen LogP contribution in [0.1, 0.15) is 27.2 Å². The molecule has 6 nitrogen and oxygen atoms in total. The van der Waals surface area contributed by atoms with Gasteiger partial charge in [0.05, 0.1) is 33.2 Å². The number of hydrogen-bond acceptors (Lipinski definition) is 4. The van der Waals surface area contributed by atoms with Crippen molar-refractivity contribution in [3.05, 3.63) is 87.5 Å². The van der Waals surface area contributed by atoms with Gasteiger partial charge in [-0.3, -0.25) is 9.78 Å². The van der Waals surface area contributed by atoms with Crippen LogP contribution >= 0.6 is 23.2 Å². The van der Waals surface area contributed by atoms with Crippen LogP contribution in [0.2, 0.25) is 10.0 Å². The number of amides is 1. The Morgan fingerprint density at radius 1 is 1.17 bits per heavy atom. The van der Waals surface area contributed by atoms with E-state index in [0.717, 1.165) is 11.3 Å². The van der Waals surface area contributed by atoms with E-state index >= 15 is 0 Å². The van der Waals surface area contributed by atoms with Crippen LogP contribution in [0, 0.1) is 6.92 Å². The second-order valence-electron chi connectivity index (χ2n) is 6.56. The lowest BCUT2D eigenvalue weighted by molar-refractivity contribution is 0.102. The number of aromatic hydroxyl groups is 1. The second-order valence-corrected chi connectivity index (χ2v) is 7.38.